The van der Waals surface area contributed by atoms with E-state index in [1.165, 1.54) is 7.05 Å². The molecule has 65 valence electrons. The van der Waals surface area contributed by atoms with E-state index in [2.05, 4.69) is 5.32 Å². The Morgan fingerprint density at radius 2 is 1.58 bits per heavy atom. The first-order valence-corrected chi connectivity index (χ1v) is 2.44. The van der Waals surface area contributed by atoms with Gasteiger partial charge in [-0.05, 0) is 14.1 Å². The molecule has 0 unspecified atom stereocenters. The van der Waals surface area contributed by atoms with Crippen LogP contribution in [-0.2, 0) is 123 Å². The van der Waals surface area contributed by atoms with Crippen LogP contribution in [0.25, 0.3) is 5.32 Å². The van der Waals surface area contributed by atoms with Crippen molar-refractivity contribution in [3.05, 3.63) is 5.32 Å². The van der Waals surface area contributed by atoms with Gasteiger partial charge in [0.1, 0.15) is 0 Å². The van der Waals surface area contributed by atoms with Crippen molar-refractivity contribution in [2.24, 2.45) is 0 Å². The van der Waals surface area contributed by atoms with E-state index in [-0.39, 0.29) is 124 Å². The first-order chi connectivity index (χ1) is 3.66. The number of hydrogen-bond donors (Lipinski definition) is 0. The molecule has 0 aliphatic rings. The Labute approximate surface area is 164 Å². The number of nitrogens with zero attached hydrogens (tertiary/aromatic N) is 2. The van der Waals surface area contributed by atoms with Crippen molar-refractivity contribution in [1.29, 1.82) is 0 Å². The van der Waals surface area contributed by atoms with Gasteiger partial charge in [-0.2, -0.15) is 0 Å². The molecule has 0 saturated carbocycles. The molecule has 0 atom stereocenters. The number of carbonyl (C=O) groups is 1. The van der Waals surface area contributed by atoms with Crippen LogP contribution in [0.3, 0.4) is 0 Å². The molecule has 0 saturated heterocycles. The summed E-state index contributed by atoms with van der Waals surface area (Å²) in [5, 5.41) is 3.45. The number of likely N-dealkylation sites (N-methyl/N-ethyl adjacent to an activating group) is 2. The molecule has 0 aromatic rings. The van der Waals surface area contributed by atoms with E-state index >= 15 is 0 Å². The summed E-state index contributed by atoms with van der Waals surface area (Å²) in [5.41, 5.74) is 0. The summed E-state index contributed by atoms with van der Waals surface area (Å²) < 4.78 is 0. The van der Waals surface area contributed by atoms with Crippen molar-refractivity contribution >= 4 is 5.91 Å². The largest absolute Gasteiger partial charge is 2.00 e. The zero-order valence-electron chi connectivity index (χ0n) is 7.56. The maximum absolute atomic E-state index is 10.4. The Morgan fingerprint density at radius 3 is 1.67 bits per heavy atom. The smallest absolute Gasteiger partial charge is 0.655 e. The molecule has 0 heterocycles. The zero-order valence-corrected chi connectivity index (χ0v) is 17.6. The van der Waals surface area contributed by atoms with E-state index in [4.69, 9.17) is 0 Å². The number of rotatable bonds is 2. The van der Waals surface area contributed by atoms with Gasteiger partial charge in [0.15, 0.2) is 0 Å². The maximum Gasteiger partial charge on any atom is 2.00 e. The quantitative estimate of drug-likeness (QED) is 0.516. The Bertz CT molecular complexity index is 94.8. The van der Waals surface area contributed by atoms with E-state index in [9.17, 15) is 4.79 Å². The van der Waals surface area contributed by atoms with Crippen LogP contribution in [0.15, 0.2) is 0 Å². The molecule has 0 bridgehead atoms. The molecule has 0 N–H and O–H groups in total. The summed E-state index contributed by atoms with van der Waals surface area (Å²) in [7, 11) is 5.18. The van der Waals surface area contributed by atoms with Gasteiger partial charge in [0.05, 0.1) is 5.91 Å². The molecule has 0 aromatic heterocycles. The topological polar surface area (TPSA) is 34.4 Å². The average Bonchev–Trinajstić information content (AvgIpc) is 1.65. The third-order valence-corrected chi connectivity index (χ3v) is 0.701. The number of carbonyl (C=O) groups excluding carboxylic acids is 1. The summed E-state index contributed by atoms with van der Waals surface area (Å²) in [6, 6.07) is 0. The van der Waals surface area contributed by atoms with Gasteiger partial charge >= 0.3 is 20.4 Å². The van der Waals surface area contributed by atoms with Crippen LogP contribution < -0.4 is 0 Å². The molecule has 3 radical (unpaired) electrons. The third kappa shape index (κ3) is 23.3. The molecule has 0 aliphatic carbocycles. The molecule has 0 rings (SSSR count). The Hall–Kier alpha value is 3.40. The molecular formula is C5H11N2OPdY3+. The van der Waals surface area contributed by atoms with Gasteiger partial charge in [0.25, 0.3) is 0 Å². The van der Waals surface area contributed by atoms with Crippen molar-refractivity contribution in [3.63, 3.8) is 0 Å². The van der Waals surface area contributed by atoms with Crippen molar-refractivity contribution < 1.29 is 123 Å². The summed E-state index contributed by atoms with van der Waals surface area (Å²) in [6.07, 6.45) is 0. The minimum Gasteiger partial charge on any atom is -0.655 e. The van der Waals surface area contributed by atoms with Gasteiger partial charge in [-0.25, -0.2) is 0 Å². The standard InChI is InChI=1S/C5H12N2O.Pd.3Y/c1-6-5(8)4-7(2)3;;;;/h4H2,1-3H3,(H,6,8);;;;/q;+2;;;/p-1. The molecular weight excluding hydrogens is 477 g/mol. The average molecular weight is 488 g/mol. The predicted molar refractivity (Wildman–Crippen MR) is 32.8 cm³/mol. The van der Waals surface area contributed by atoms with E-state index in [1.54, 1.807) is 4.90 Å². The van der Waals surface area contributed by atoms with Gasteiger partial charge in [-0.1, -0.05) is 0 Å². The van der Waals surface area contributed by atoms with Crippen LogP contribution in [-0.4, -0.2) is 38.5 Å². The summed E-state index contributed by atoms with van der Waals surface area (Å²) >= 11 is 0. The Balaban J connectivity index is -0.0000000408. The number of hydrogen-bond acceptors (Lipinski definition) is 2. The molecule has 0 aliphatic heterocycles. The summed E-state index contributed by atoms with van der Waals surface area (Å²) in [6.45, 7) is 0.413. The fraction of sp³-hybridized carbons (Fsp3) is 0.800. The molecule has 12 heavy (non-hydrogen) atoms. The van der Waals surface area contributed by atoms with E-state index in [1.807, 2.05) is 14.1 Å². The maximum atomic E-state index is 10.4. The molecule has 3 nitrogen and oxygen atoms in total. The first kappa shape index (κ1) is 29.5. The summed E-state index contributed by atoms with van der Waals surface area (Å²) in [4.78, 5) is 12.2. The van der Waals surface area contributed by atoms with Gasteiger partial charge < -0.3 is 15.0 Å². The van der Waals surface area contributed by atoms with E-state index in [0.717, 1.165) is 0 Å². The monoisotopic (exact) mass is 488 g/mol. The second kappa shape index (κ2) is 19.9. The van der Waals surface area contributed by atoms with E-state index in [0.29, 0.717) is 6.54 Å². The molecule has 0 aromatic carbocycles. The Morgan fingerprint density at radius 1 is 1.25 bits per heavy atom. The summed E-state index contributed by atoms with van der Waals surface area (Å²) in [5.74, 6) is -0.0741. The third-order valence-electron chi connectivity index (χ3n) is 0.701. The SMILES string of the molecule is C[N-]C(=O)CN(C)C.[Pd+2].[Y].[Y].[Y]. The van der Waals surface area contributed by atoms with Crippen molar-refractivity contribution in [2.45, 2.75) is 0 Å². The van der Waals surface area contributed by atoms with Crippen molar-refractivity contribution in [2.75, 3.05) is 27.7 Å². The fourth-order valence-electron chi connectivity index (χ4n) is 0.341. The van der Waals surface area contributed by atoms with Crippen molar-refractivity contribution in [1.82, 2.24) is 4.90 Å². The normalized spacial score (nSPS) is 6.33. The number of amides is 1. The van der Waals surface area contributed by atoms with Crippen LogP contribution in [0, 0.1) is 0 Å². The fourth-order valence-corrected chi connectivity index (χ4v) is 0.341. The predicted octanol–water partition coefficient (Wildman–Crippen LogP) is 0.0681. The van der Waals surface area contributed by atoms with E-state index < -0.39 is 0 Å². The first-order valence-electron chi connectivity index (χ1n) is 2.44. The Kier molecular flexibility index (Phi) is 49.0. The van der Waals surface area contributed by atoms with Crippen LogP contribution in [0.1, 0.15) is 0 Å². The molecule has 7 heteroatoms. The molecule has 1 amide bonds. The second-order valence-corrected chi connectivity index (χ2v) is 1.86. The zero-order chi connectivity index (χ0) is 6.57. The second-order valence-electron chi connectivity index (χ2n) is 1.86. The van der Waals surface area contributed by atoms with Gasteiger partial charge in [-0.15, -0.1) is 7.05 Å². The molecule has 0 fully saturated rings. The van der Waals surface area contributed by atoms with Crippen LogP contribution in [0.5, 0.6) is 0 Å². The molecule has 0 spiro atoms. The van der Waals surface area contributed by atoms with Gasteiger partial charge in [0, 0.05) is 105 Å². The van der Waals surface area contributed by atoms with Crippen LogP contribution in [0.2, 0.25) is 0 Å². The minimum atomic E-state index is -0.0741. The van der Waals surface area contributed by atoms with Crippen LogP contribution >= 0.6 is 0 Å². The van der Waals surface area contributed by atoms with Crippen LogP contribution in [0.4, 0.5) is 0 Å². The minimum absolute atomic E-state index is 0. The van der Waals surface area contributed by atoms with Gasteiger partial charge in [0.2, 0.25) is 0 Å². The van der Waals surface area contributed by atoms with Crippen molar-refractivity contribution in [3.8, 4) is 0 Å². The van der Waals surface area contributed by atoms with Gasteiger partial charge in [-0.3, -0.25) is 0 Å².